The van der Waals surface area contributed by atoms with Gasteiger partial charge in [0.2, 0.25) is 5.91 Å². The van der Waals surface area contributed by atoms with E-state index in [4.69, 9.17) is 0 Å². The summed E-state index contributed by atoms with van der Waals surface area (Å²) in [5.74, 6) is -0.222. The van der Waals surface area contributed by atoms with E-state index in [2.05, 4.69) is 4.72 Å². The first-order chi connectivity index (χ1) is 11.5. The number of benzene rings is 2. The highest BCUT2D eigenvalue weighted by molar-refractivity contribution is 7.92. The van der Waals surface area contributed by atoms with E-state index < -0.39 is 10.0 Å². The third kappa shape index (κ3) is 2.29. The number of hydrogen-bond acceptors (Lipinski definition) is 3. The zero-order valence-corrected chi connectivity index (χ0v) is 14.1. The molecule has 0 spiro atoms. The van der Waals surface area contributed by atoms with E-state index in [-0.39, 0.29) is 16.7 Å². The van der Waals surface area contributed by atoms with Gasteiger partial charge in [0, 0.05) is 12.2 Å². The molecule has 0 aliphatic carbocycles. The Morgan fingerprint density at radius 3 is 2.67 bits per heavy atom. The van der Waals surface area contributed by atoms with Crippen LogP contribution in [0.5, 0.6) is 0 Å². The first-order valence-corrected chi connectivity index (χ1v) is 9.52. The lowest BCUT2D eigenvalue weighted by molar-refractivity contribution is -0.119. The van der Waals surface area contributed by atoms with Gasteiger partial charge in [-0.15, -0.1) is 0 Å². The molecule has 6 heteroatoms. The Morgan fingerprint density at radius 2 is 1.92 bits per heavy atom. The van der Waals surface area contributed by atoms with Crippen molar-refractivity contribution in [1.82, 2.24) is 0 Å². The molecule has 124 valence electrons. The van der Waals surface area contributed by atoms with Crippen LogP contribution in [-0.4, -0.2) is 20.9 Å². The van der Waals surface area contributed by atoms with Crippen LogP contribution in [0.1, 0.15) is 30.4 Å². The van der Waals surface area contributed by atoms with Crippen LogP contribution in [-0.2, 0) is 21.2 Å². The fourth-order valence-electron chi connectivity index (χ4n) is 3.54. The van der Waals surface area contributed by atoms with Crippen molar-refractivity contribution in [2.24, 2.45) is 0 Å². The second-order valence-electron chi connectivity index (χ2n) is 6.31. The Bertz CT molecular complexity index is 923. The molecule has 1 amide bonds. The smallest absolute Gasteiger partial charge is 0.261 e. The summed E-state index contributed by atoms with van der Waals surface area (Å²) < 4.78 is 28.1. The zero-order chi connectivity index (χ0) is 16.9. The topological polar surface area (TPSA) is 66.5 Å². The Labute approximate surface area is 141 Å². The van der Waals surface area contributed by atoms with Gasteiger partial charge >= 0.3 is 0 Å². The predicted molar refractivity (Wildman–Crippen MR) is 92.8 cm³/mol. The molecular formula is C18H18N2O3S. The van der Waals surface area contributed by atoms with Gasteiger partial charge in [-0.3, -0.25) is 9.52 Å². The maximum absolute atomic E-state index is 12.7. The molecule has 0 radical (unpaired) electrons. The molecule has 2 aromatic rings. The molecular weight excluding hydrogens is 324 g/mol. The van der Waals surface area contributed by atoms with Crippen molar-refractivity contribution >= 4 is 27.3 Å². The summed E-state index contributed by atoms with van der Waals surface area (Å²) in [5.41, 5.74) is 3.23. The molecule has 0 aromatic heterocycles. The van der Waals surface area contributed by atoms with Crippen LogP contribution in [0, 0.1) is 0 Å². The van der Waals surface area contributed by atoms with Gasteiger partial charge in [0.15, 0.2) is 0 Å². The van der Waals surface area contributed by atoms with Crippen LogP contribution in [0.3, 0.4) is 0 Å². The molecule has 0 unspecified atom stereocenters. The summed E-state index contributed by atoms with van der Waals surface area (Å²) in [6.45, 7) is 2.56. The van der Waals surface area contributed by atoms with Crippen molar-refractivity contribution in [2.75, 3.05) is 16.2 Å². The molecule has 0 bridgehead atoms. The van der Waals surface area contributed by atoms with Gasteiger partial charge in [-0.25, -0.2) is 8.42 Å². The van der Waals surface area contributed by atoms with Gasteiger partial charge in [-0.1, -0.05) is 18.2 Å². The standard InChI is InChI=1S/C18H18N2O3S/c1-12-16-11-15(24(22,23)19-14-7-3-2-4-8-14)10-13-6-5-9-20(17(13)16)18(12)21/h2-4,7-8,10-12,19H,5-6,9H2,1H3/t12-/m1/s1. The average molecular weight is 342 g/mol. The van der Waals surface area contributed by atoms with Gasteiger partial charge < -0.3 is 4.90 Å². The lowest BCUT2D eigenvalue weighted by Gasteiger charge is -2.26. The van der Waals surface area contributed by atoms with E-state index in [0.29, 0.717) is 5.69 Å². The minimum Gasteiger partial charge on any atom is -0.311 e. The van der Waals surface area contributed by atoms with Crippen LogP contribution < -0.4 is 9.62 Å². The summed E-state index contributed by atoms with van der Waals surface area (Å²) in [6.07, 6.45) is 1.66. The van der Waals surface area contributed by atoms with Crippen molar-refractivity contribution in [3.63, 3.8) is 0 Å². The van der Waals surface area contributed by atoms with E-state index in [0.717, 1.165) is 36.2 Å². The minimum atomic E-state index is -3.68. The number of amides is 1. The zero-order valence-electron chi connectivity index (χ0n) is 13.3. The number of sulfonamides is 1. The van der Waals surface area contributed by atoms with E-state index >= 15 is 0 Å². The van der Waals surface area contributed by atoms with Gasteiger partial charge in [-0.05, 0) is 55.2 Å². The predicted octanol–water partition coefficient (Wildman–Crippen LogP) is 2.88. The number of carbonyl (C=O) groups is 1. The summed E-state index contributed by atoms with van der Waals surface area (Å²) in [5, 5.41) is 0. The normalized spacial score (nSPS) is 19.3. The third-order valence-corrected chi connectivity index (χ3v) is 6.09. The van der Waals surface area contributed by atoms with Gasteiger partial charge in [0.25, 0.3) is 10.0 Å². The van der Waals surface area contributed by atoms with E-state index in [1.807, 2.05) is 13.0 Å². The molecule has 0 saturated heterocycles. The molecule has 24 heavy (non-hydrogen) atoms. The second kappa shape index (κ2) is 5.34. The van der Waals surface area contributed by atoms with E-state index in [9.17, 15) is 13.2 Å². The second-order valence-corrected chi connectivity index (χ2v) is 7.99. The van der Waals surface area contributed by atoms with Crippen molar-refractivity contribution in [3.8, 4) is 0 Å². The fraction of sp³-hybridized carbons (Fsp3) is 0.278. The maximum Gasteiger partial charge on any atom is 0.261 e. The van der Waals surface area contributed by atoms with Crippen LogP contribution >= 0.6 is 0 Å². The number of nitrogens with zero attached hydrogens (tertiary/aromatic N) is 1. The Kier molecular flexibility index (Phi) is 3.38. The monoisotopic (exact) mass is 342 g/mol. The van der Waals surface area contributed by atoms with Gasteiger partial charge in [0.05, 0.1) is 16.5 Å². The van der Waals surface area contributed by atoms with Gasteiger partial charge in [0.1, 0.15) is 0 Å². The Morgan fingerprint density at radius 1 is 1.17 bits per heavy atom. The summed E-state index contributed by atoms with van der Waals surface area (Å²) in [6, 6.07) is 12.2. The maximum atomic E-state index is 12.7. The molecule has 0 fully saturated rings. The number of rotatable bonds is 3. The molecule has 4 rings (SSSR count). The van der Waals surface area contributed by atoms with E-state index in [1.54, 1.807) is 41.3 Å². The highest BCUT2D eigenvalue weighted by Crippen LogP contribution is 2.44. The highest BCUT2D eigenvalue weighted by Gasteiger charge is 2.38. The van der Waals surface area contributed by atoms with Crippen LogP contribution in [0.25, 0.3) is 0 Å². The number of para-hydroxylation sites is 1. The van der Waals surface area contributed by atoms with Gasteiger partial charge in [-0.2, -0.15) is 0 Å². The van der Waals surface area contributed by atoms with Crippen LogP contribution in [0.2, 0.25) is 0 Å². The highest BCUT2D eigenvalue weighted by atomic mass is 32.2. The van der Waals surface area contributed by atoms with Crippen molar-refractivity contribution < 1.29 is 13.2 Å². The van der Waals surface area contributed by atoms with Crippen molar-refractivity contribution in [1.29, 1.82) is 0 Å². The number of hydrogen-bond donors (Lipinski definition) is 1. The SMILES string of the molecule is C[C@H]1C(=O)N2CCCc3cc(S(=O)(=O)Nc4ccccc4)cc1c32. The molecule has 2 heterocycles. The van der Waals surface area contributed by atoms with Crippen LogP contribution in [0.15, 0.2) is 47.4 Å². The molecule has 5 nitrogen and oxygen atoms in total. The minimum absolute atomic E-state index is 0.0662. The van der Waals surface area contributed by atoms with E-state index in [1.165, 1.54) is 0 Å². The molecule has 1 atom stereocenters. The molecule has 2 aliphatic rings. The lowest BCUT2D eigenvalue weighted by Crippen LogP contribution is -2.32. The van der Waals surface area contributed by atoms with Crippen molar-refractivity contribution in [3.05, 3.63) is 53.6 Å². The Hall–Kier alpha value is -2.34. The third-order valence-electron chi connectivity index (χ3n) is 4.73. The first-order valence-electron chi connectivity index (χ1n) is 8.03. The van der Waals surface area contributed by atoms with Crippen LogP contribution in [0.4, 0.5) is 11.4 Å². The summed E-state index contributed by atoms with van der Waals surface area (Å²) >= 11 is 0. The molecule has 0 saturated carbocycles. The number of aryl methyl sites for hydroxylation is 1. The fourth-order valence-corrected chi connectivity index (χ4v) is 4.68. The first kappa shape index (κ1) is 15.2. The number of anilines is 2. The quantitative estimate of drug-likeness (QED) is 0.933. The van der Waals surface area contributed by atoms with Crippen molar-refractivity contribution in [2.45, 2.75) is 30.6 Å². The summed E-state index contributed by atoms with van der Waals surface area (Å²) in [7, 11) is -3.68. The largest absolute Gasteiger partial charge is 0.311 e. The lowest BCUT2D eigenvalue weighted by atomic mass is 9.97. The molecule has 2 aromatic carbocycles. The number of nitrogens with one attached hydrogen (secondary N) is 1. The average Bonchev–Trinajstić information content (AvgIpc) is 2.82. The number of carbonyl (C=O) groups excluding carboxylic acids is 1. The Balaban J connectivity index is 1.79. The summed E-state index contributed by atoms with van der Waals surface area (Å²) in [4.78, 5) is 14.4. The molecule has 2 aliphatic heterocycles. The molecule has 1 N–H and O–H groups in total.